The first kappa shape index (κ1) is 23.9. The normalized spacial score (nSPS) is 18.5. The van der Waals surface area contributed by atoms with E-state index in [0.29, 0.717) is 17.2 Å². The molecule has 0 spiro atoms. The van der Waals surface area contributed by atoms with E-state index in [9.17, 15) is 8.42 Å². The van der Waals surface area contributed by atoms with Crippen molar-refractivity contribution in [3.63, 3.8) is 0 Å². The molecule has 1 fully saturated rings. The molecule has 2 heterocycles. The van der Waals surface area contributed by atoms with Gasteiger partial charge in [0.15, 0.2) is 9.84 Å². The summed E-state index contributed by atoms with van der Waals surface area (Å²) in [4.78, 5) is 2.54. The van der Waals surface area contributed by atoms with Crippen molar-refractivity contribution < 1.29 is 17.9 Å². The van der Waals surface area contributed by atoms with Gasteiger partial charge in [0.25, 0.3) is 0 Å². The summed E-state index contributed by atoms with van der Waals surface area (Å²) in [5, 5.41) is 2.84. The first-order valence-electron chi connectivity index (χ1n) is 10.5. The third kappa shape index (κ3) is 5.00. The molecular weight excluding hydrogens is 436 g/mol. The molecule has 0 bridgehead atoms. The van der Waals surface area contributed by atoms with Crippen LogP contribution in [0.3, 0.4) is 0 Å². The van der Waals surface area contributed by atoms with Crippen molar-refractivity contribution in [2.24, 2.45) is 5.92 Å². The van der Waals surface area contributed by atoms with Crippen molar-refractivity contribution in [1.29, 1.82) is 0 Å². The fraction of sp³-hybridized carbons (Fsp3) is 0.478. The molecule has 0 radical (unpaired) electrons. The average molecular weight is 467 g/mol. The van der Waals surface area contributed by atoms with Crippen LogP contribution in [-0.4, -0.2) is 52.5 Å². The van der Waals surface area contributed by atoms with E-state index in [2.05, 4.69) is 22.3 Å². The zero-order valence-corrected chi connectivity index (χ0v) is 19.7. The number of piperidine rings is 1. The molecule has 6 nitrogen and oxygen atoms in total. The average Bonchev–Trinajstić information content (AvgIpc) is 2.79. The van der Waals surface area contributed by atoms with Gasteiger partial charge in [-0.3, -0.25) is 4.90 Å². The fourth-order valence-corrected chi connectivity index (χ4v) is 6.82. The van der Waals surface area contributed by atoms with Crippen molar-refractivity contribution in [3.05, 3.63) is 53.6 Å². The van der Waals surface area contributed by atoms with E-state index in [1.165, 1.54) is 11.1 Å². The highest BCUT2D eigenvalue weighted by atomic mass is 35.5. The Balaban J connectivity index is 0.00000272. The van der Waals surface area contributed by atoms with Gasteiger partial charge in [0.1, 0.15) is 16.9 Å². The number of rotatable bonds is 6. The third-order valence-corrected chi connectivity index (χ3v) is 8.56. The Morgan fingerprint density at radius 2 is 1.61 bits per heavy atom. The molecule has 170 valence electrons. The highest BCUT2D eigenvalue weighted by molar-refractivity contribution is 7.92. The molecule has 1 N–H and O–H groups in total. The van der Waals surface area contributed by atoms with E-state index >= 15 is 0 Å². The van der Waals surface area contributed by atoms with Crippen molar-refractivity contribution >= 4 is 22.2 Å². The molecule has 0 amide bonds. The largest absolute Gasteiger partial charge is 0.497 e. The molecule has 0 aliphatic carbocycles. The van der Waals surface area contributed by atoms with Crippen LogP contribution in [0.5, 0.6) is 11.5 Å². The monoisotopic (exact) mass is 466 g/mol. The zero-order valence-electron chi connectivity index (χ0n) is 18.0. The molecule has 2 aromatic rings. The first-order chi connectivity index (χ1) is 14.5. The SMILES string of the molecule is COc1ccc(S(=O)(=O)C(C2CCNCC2)N2CCc3cc(OC)ccc3C2)cc1.Cl. The van der Waals surface area contributed by atoms with Crippen LogP contribution in [0.15, 0.2) is 47.4 Å². The van der Waals surface area contributed by atoms with Gasteiger partial charge in [-0.25, -0.2) is 8.42 Å². The molecule has 4 rings (SSSR count). The summed E-state index contributed by atoms with van der Waals surface area (Å²) < 4.78 is 38.2. The molecule has 1 unspecified atom stereocenters. The predicted octanol–water partition coefficient (Wildman–Crippen LogP) is 3.28. The second kappa shape index (κ2) is 10.2. The number of hydrogen-bond donors (Lipinski definition) is 1. The molecule has 2 aromatic carbocycles. The summed E-state index contributed by atoms with van der Waals surface area (Å²) in [6, 6.07) is 12.9. The number of benzene rings is 2. The Bertz CT molecular complexity index is 976. The number of fused-ring (bicyclic) bond motifs is 1. The fourth-order valence-electron chi connectivity index (χ4n) is 4.68. The molecule has 2 aliphatic heterocycles. The quantitative estimate of drug-likeness (QED) is 0.704. The van der Waals surface area contributed by atoms with Crippen LogP contribution in [0, 0.1) is 5.92 Å². The highest BCUT2D eigenvalue weighted by Gasteiger charge is 2.40. The lowest BCUT2D eigenvalue weighted by molar-refractivity contribution is 0.159. The van der Waals surface area contributed by atoms with E-state index in [4.69, 9.17) is 9.47 Å². The Labute approximate surface area is 191 Å². The van der Waals surface area contributed by atoms with E-state index in [0.717, 1.165) is 44.6 Å². The minimum Gasteiger partial charge on any atom is -0.497 e. The molecular formula is C23H31ClN2O4S. The van der Waals surface area contributed by atoms with E-state index in [1.54, 1.807) is 38.5 Å². The van der Waals surface area contributed by atoms with Gasteiger partial charge in [0.2, 0.25) is 0 Å². The molecule has 1 atom stereocenters. The van der Waals surface area contributed by atoms with Gasteiger partial charge >= 0.3 is 0 Å². The topological polar surface area (TPSA) is 67.9 Å². The lowest BCUT2D eigenvalue weighted by Crippen LogP contribution is -2.50. The number of nitrogens with zero attached hydrogens (tertiary/aromatic N) is 1. The number of sulfone groups is 1. The van der Waals surface area contributed by atoms with Gasteiger partial charge in [0, 0.05) is 13.1 Å². The van der Waals surface area contributed by atoms with E-state index < -0.39 is 15.2 Å². The predicted molar refractivity (Wildman–Crippen MR) is 124 cm³/mol. The lowest BCUT2D eigenvalue weighted by atomic mass is 9.94. The van der Waals surface area contributed by atoms with Crippen molar-refractivity contribution in [2.75, 3.05) is 33.9 Å². The Kier molecular flexibility index (Phi) is 7.86. The van der Waals surface area contributed by atoms with Crippen molar-refractivity contribution in [2.45, 2.75) is 36.1 Å². The summed E-state index contributed by atoms with van der Waals surface area (Å²) >= 11 is 0. The van der Waals surface area contributed by atoms with Gasteiger partial charge < -0.3 is 14.8 Å². The van der Waals surface area contributed by atoms with Crippen LogP contribution in [0.4, 0.5) is 0 Å². The summed E-state index contributed by atoms with van der Waals surface area (Å²) in [5.41, 5.74) is 2.43. The third-order valence-electron chi connectivity index (χ3n) is 6.31. The van der Waals surface area contributed by atoms with E-state index in [1.807, 2.05) is 6.07 Å². The molecule has 1 saturated heterocycles. The van der Waals surface area contributed by atoms with Crippen molar-refractivity contribution in [3.8, 4) is 11.5 Å². The standard InChI is InChI=1S/C23H30N2O4S.ClH/c1-28-20-5-7-22(8-6-20)30(26,27)23(17-9-12-24-13-10-17)25-14-11-18-15-21(29-2)4-3-19(18)16-25;/h3-8,15,17,23-24H,9-14,16H2,1-2H3;1H. The maximum Gasteiger partial charge on any atom is 0.194 e. The lowest BCUT2D eigenvalue weighted by Gasteiger charge is -2.40. The van der Waals surface area contributed by atoms with Crippen LogP contribution in [-0.2, 0) is 22.8 Å². The van der Waals surface area contributed by atoms with Crippen molar-refractivity contribution in [1.82, 2.24) is 10.2 Å². The summed E-state index contributed by atoms with van der Waals surface area (Å²) in [6.45, 7) is 3.09. The molecule has 0 aromatic heterocycles. The molecule has 0 saturated carbocycles. The second-order valence-corrected chi connectivity index (χ2v) is 10.1. The molecule has 2 aliphatic rings. The number of nitrogens with one attached hydrogen (secondary N) is 1. The van der Waals surface area contributed by atoms with Crippen LogP contribution in [0.1, 0.15) is 24.0 Å². The summed E-state index contributed by atoms with van der Waals surface area (Å²) in [6.07, 6.45) is 2.56. The number of ether oxygens (including phenoxy) is 2. The smallest absolute Gasteiger partial charge is 0.194 e. The summed E-state index contributed by atoms with van der Waals surface area (Å²) in [5.74, 6) is 1.62. The minimum absolute atomic E-state index is 0. The van der Waals surface area contributed by atoms with Crippen LogP contribution in [0.25, 0.3) is 0 Å². The number of hydrogen-bond acceptors (Lipinski definition) is 6. The Hall–Kier alpha value is -1.80. The van der Waals surface area contributed by atoms with Gasteiger partial charge in [0.05, 0.1) is 19.1 Å². The van der Waals surface area contributed by atoms with Crippen LogP contribution < -0.4 is 14.8 Å². The first-order valence-corrected chi connectivity index (χ1v) is 12.1. The van der Waals surface area contributed by atoms with Gasteiger partial charge in [-0.05, 0) is 85.8 Å². The van der Waals surface area contributed by atoms with Crippen LogP contribution >= 0.6 is 12.4 Å². The maximum absolute atomic E-state index is 13.8. The molecule has 31 heavy (non-hydrogen) atoms. The van der Waals surface area contributed by atoms with Gasteiger partial charge in [-0.1, -0.05) is 6.07 Å². The number of halogens is 1. The molecule has 8 heteroatoms. The highest BCUT2D eigenvalue weighted by Crippen LogP contribution is 2.34. The Morgan fingerprint density at radius 3 is 2.26 bits per heavy atom. The number of methoxy groups -OCH3 is 2. The zero-order chi connectivity index (χ0) is 21.1. The summed E-state index contributed by atoms with van der Waals surface area (Å²) in [7, 11) is -0.266. The van der Waals surface area contributed by atoms with Gasteiger partial charge in [-0.2, -0.15) is 0 Å². The Morgan fingerprint density at radius 1 is 0.968 bits per heavy atom. The second-order valence-electron chi connectivity index (χ2n) is 8.05. The van der Waals surface area contributed by atoms with E-state index in [-0.39, 0.29) is 18.3 Å². The minimum atomic E-state index is -3.52. The maximum atomic E-state index is 13.8. The van der Waals surface area contributed by atoms with Gasteiger partial charge in [-0.15, -0.1) is 12.4 Å². The van der Waals surface area contributed by atoms with Crippen LogP contribution in [0.2, 0.25) is 0 Å².